The van der Waals surface area contributed by atoms with Gasteiger partial charge in [0.2, 0.25) is 5.91 Å². The van der Waals surface area contributed by atoms with Crippen molar-refractivity contribution < 1.29 is 4.79 Å². The first-order chi connectivity index (χ1) is 8.78. The van der Waals surface area contributed by atoms with E-state index < -0.39 is 0 Å². The molecule has 1 aliphatic heterocycles. The highest BCUT2D eigenvalue weighted by molar-refractivity contribution is 5.76. The highest BCUT2D eigenvalue weighted by Crippen LogP contribution is 2.28. The monoisotopic (exact) mass is 252 g/mol. The largest absolute Gasteiger partial charge is 0.356 e. The van der Waals surface area contributed by atoms with Gasteiger partial charge in [-0.1, -0.05) is 19.8 Å². The Kier molecular flexibility index (Phi) is 5.48. The smallest absolute Gasteiger partial charge is 0.221 e. The Morgan fingerprint density at radius 1 is 1.17 bits per heavy atom. The van der Waals surface area contributed by atoms with Gasteiger partial charge in [-0.3, -0.25) is 4.79 Å². The van der Waals surface area contributed by atoms with E-state index in [0.29, 0.717) is 18.5 Å². The fraction of sp³-hybridized carbons (Fsp3) is 0.933. The Morgan fingerprint density at radius 2 is 1.94 bits per heavy atom. The minimum atomic E-state index is 0.227. The van der Waals surface area contributed by atoms with Crippen LogP contribution in [0.5, 0.6) is 0 Å². The van der Waals surface area contributed by atoms with Crippen LogP contribution in [0.25, 0.3) is 0 Å². The van der Waals surface area contributed by atoms with Crippen molar-refractivity contribution in [1.82, 2.24) is 10.6 Å². The van der Waals surface area contributed by atoms with Crippen LogP contribution in [0.3, 0.4) is 0 Å². The number of rotatable bonds is 4. The van der Waals surface area contributed by atoms with Crippen molar-refractivity contribution in [2.45, 2.75) is 76.8 Å². The van der Waals surface area contributed by atoms with Crippen molar-refractivity contribution in [2.24, 2.45) is 5.92 Å². The Hall–Kier alpha value is -0.570. The predicted molar refractivity (Wildman–Crippen MR) is 74.4 cm³/mol. The molecule has 1 saturated heterocycles. The van der Waals surface area contributed by atoms with Crippen LogP contribution < -0.4 is 10.6 Å². The molecule has 2 aliphatic rings. The van der Waals surface area contributed by atoms with Crippen LogP contribution in [0.4, 0.5) is 0 Å². The summed E-state index contributed by atoms with van der Waals surface area (Å²) in [5.74, 6) is 1.19. The van der Waals surface area contributed by atoms with Gasteiger partial charge in [-0.2, -0.15) is 0 Å². The lowest BCUT2D eigenvalue weighted by Gasteiger charge is -2.31. The Bertz CT molecular complexity index is 259. The van der Waals surface area contributed by atoms with Crippen molar-refractivity contribution in [3.63, 3.8) is 0 Å². The summed E-state index contributed by atoms with van der Waals surface area (Å²) >= 11 is 0. The molecule has 0 bridgehead atoms. The zero-order valence-electron chi connectivity index (χ0n) is 11.7. The second-order valence-electron chi connectivity index (χ2n) is 6.07. The van der Waals surface area contributed by atoms with Crippen molar-refractivity contribution in [3.8, 4) is 0 Å². The lowest BCUT2D eigenvalue weighted by molar-refractivity contribution is -0.121. The van der Waals surface area contributed by atoms with Gasteiger partial charge in [-0.05, 0) is 44.4 Å². The summed E-state index contributed by atoms with van der Waals surface area (Å²) in [5, 5.41) is 6.69. The summed E-state index contributed by atoms with van der Waals surface area (Å²) in [6.45, 7) is 3.15. The number of nitrogens with one attached hydrogen (secondary N) is 2. The van der Waals surface area contributed by atoms with Crippen LogP contribution in [0.2, 0.25) is 0 Å². The topological polar surface area (TPSA) is 41.1 Å². The van der Waals surface area contributed by atoms with Crippen molar-refractivity contribution in [2.75, 3.05) is 6.54 Å². The Labute approximate surface area is 111 Å². The minimum Gasteiger partial charge on any atom is -0.356 e. The molecule has 1 unspecified atom stereocenters. The molecule has 0 radical (unpaired) electrons. The van der Waals surface area contributed by atoms with E-state index in [4.69, 9.17) is 0 Å². The van der Waals surface area contributed by atoms with Crippen LogP contribution in [-0.2, 0) is 4.79 Å². The molecular formula is C15H28N2O. The Morgan fingerprint density at radius 3 is 2.67 bits per heavy atom. The first-order valence-corrected chi connectivity index (χ1v) is 7.80. The first-order valence-electron chi connectivity index (χ1n) is 7.80. The Balaban J connectivity index is 1.71. The SMILES string of the molecule is CCCC1CCC(NC2CCCNC(=O)C2)CC1. The van der Waals surface area contributed by atoms with E-state index in [2.05, 4.69) is 17.6 Å². The van der Waals surface area contributed by atoms with E-state index in [0.717, 1.165) is 25.3 Å². The maximum atomic E-state index is 11.5. The van der Waals surface area contributed by atoms with E-state index in [-0.39, 0.29) is 5.91 Å². The van der Waals surface area contributed by atoms with E-state index in [1.54, 1.807) is 0 Å². The van der Waals surface area contributed by atoms with Crippen LogP contribution >= 0.6 is 0 Å². The summed E-state index contributed by atoms with van der Waals surface area (Å²) in [4.78, 5) is 11.5. The lowest BCUT2D eigenvalue weighted by atomic mass is 9.83. The molecule has 2 N–H and O–H groups in total. The normalized spacial score (nSPS) is 33.8. The van der Waals surface area contributed by atoms with Gasteiger partial charge in [0, 0.05) is 25.0 Å². The molecule has 0 aromatic rings. The average molecular weight is 252 g/mol. The highest BCUT2D eigenvalue weighted by atomic mass is 16.1. The molecule has 1 aliphatic carbocycles. The van der Waals surface area contributed by atoms with E-state index in [9.17, 15) is 4.79 Å². The van der Waals surface area contributed by atoms with Gasteiger partial charge in [0.15, 0.2) is 0 Å². The standard InChI is InChI=1S/C15H28N2O/c1-2-4-12-6-8-13(9-7-12)17-14-5-3-10-16-15(18)11-14/h12-14,17H,2-11H2,1H3,(H,16,18). The van der Waals surface area contributed by atoms with Crippen molar-refractivity contribution in [3.05, 3.63) is 0 Å². The molecule has 3 heteroatoms. The van der Waals surface area contributed by atoms with Gasteiger partial charge in [0.25, 0.3) is 0 Å². The third kappa shape index (κ3) is 4.27. The first kappa shape index (κ1) is 13.9. The third-order valence-corrected chi connectivity index (χ3v) is 4.50. The lowest BCUT2D eigenvalue weighted by Crippen LogP contribution is -2.41. The van der Waals surface area contributed by atoms with Gasteiger partial charge < -0.3 is 10.6 Å². The summed E-state index contributed by atoms with van der Waals surface area (Å²) < 4.78 is 0. The zero-order valence-corrected chi connectivity index (χ0v) is 11.7. The van der Waals surface area contributed by atoms with Crippen LogP contribution in [-0.4, -0.2) is 24.5 Å². The van der Waals surface area contributed by atoms with Crippen LogP contribution in [0.1, 0.15) is 64.7 Å². The van der Waals surface area contributed by atoms with Crippen molar-refractivity contribution in [1.29, 1.82) is 0 Å². The molecule has 104 valence electrons. The fourth-order valence-corrected chi connectivity index (χ4v) is 3.48. The second-order valence-corrected chi connectivity index (χ2v) is 6.07. The molecule has 0 aromatic heterocycles. The van der Waals surface area contributed by atoms with E-state index in [1.807, 2.05) is 0 Å². The third-order valence-electron chi connectivity index (χ3n) is 4.50. The van der Waals surface area contributed by atoms with Gasteiger partial charge in [-0.25, -0.2) is 0 Å². The van der Waals surface area contributed by atoms with E-state index in [1.165, 1.54) is 38.5 Å². The number of carbonyl (C=O) groups excluding carboxylic acids is 1. The zero-order chi connectivity index (χ0) is 12.8. The number of hydrogen-bond donors (Lipinski definition) is 2. The quantitative estimate of drug-likeness (QED) is 0.807. The number of amides is 1. The number of carbonyl (C=O) groups is 1. The second kappa shape index (κ2) is 7.13. The van der Waals surface area contributed by atoms with Crippen LogP contribution in [0, 0.1) is 5.92 Å². The molecule has 1 heterocycles. The summed E-state index contributed by atoms with van der Waals surface area (Å²) in [7, 11) is 0. The maximum absolute atomic E-state index is 11.5. The summed E-state index contributed by atoms with van der Waals surface area (Å²) in [6.07, 6.45) is 11.0. The minimum absolute atomic E-state index is 0.227. The maximum Gasteiger partial charge on any atom is 0.221 e. The predicted octanol–water partition coefficient (Wildman–Crippen LogP) is 2.60. The molecule has 0 aromatic carbocycles. The van der Waals surface area contributed by atoms with Gasteiger partial charge >= 0.3 is 0 Å². The highest BCUT2D eigenvalue weighted by Gasteiger charge is 2.24. The molecule has 18 heavy (non-hydrogen) atoms. The molecule has 1 amide bonds. The van der Waals surface area contributed by atoms with Crippen LogP contribution in [0.15, 0.2) is 0 Å². The fourth-order valence-electron chi connectivity index (χ4n) is 3.48. The van der Waals surface area contributed by atoms with E-state index >= 15 is 0 Å². The van der Waals surface area contributed by atoms with Gasteiger partial charge in [0.1, 0.15) is 0 Å². The summed E-state index contributed by atoms with van der Waals surface area (Å²) in [5.41, 5.74) is 0. The molecule has 0 spiro atoms. The molecule has 2 fully saturated rings. The molecule has 3 nitrogen and oxygen atoms in total. The van der Waals surface area contributed by atoms with Gasteiger partial charge in [0.05, 0.1) is 0 Å². The molecule has 1 saturated carbocycles. The van der Waals surface area contributed by atoms with Gasteiger partial charge in [-0.15, -0.1) is 0 Å². The van der Waals surface area contributed by atoms with Crippen molar-refractivity contribution >= 4 is 5.91 Å². The molecular weight excluding hydrogens is 224 g/mol. The average Bonchev–Trinajstić information content (AvgIpc) is 2.56. The summed E-state index contributed by atoms with van der Waals surface area (Å²) in [6, 6.07) is 1.08. The molecule has 1 atom stereocenters. The molecule has 2 rings (SSSR count). The number of hydrogen-bond acceptors (Lipinski definition) is 2.